The van der Waals surface area contributed by atoms with E-state index in [1.165, 1.54) is 0 Å². The van der Waals surface area contributed by atoms with E-state index in [1.54, 1.807) is 36.7 Å². The average Bonchev–Trinajstić information content (AvgIpc) is 3.11. The van der Waals surface area contributed by atoms with Gasteiger partial charge in [-0.3, -0.25) is 0 Å². The Morgan fingerprint density at radius 2 is 2.38 bits per heavy atom. The summed E-state index contributed by atoms with van der Waals surface area (Å²) in [7, 11) is 1.55. The monoisotopic (exact) mass is 332 g/mol. The predicted molar refractivity (Wildman–Crippen MR) is 85.8 cm³/mol. The van der Waals surface area contributed by atoms with Crippen molar-refractivity contribution in [1.29, 1.82) is 0 Å². The van der Waals surface area contributed by atoms with Crippen molar-refractivity contribution in [3.63, 3.8) is 0 Å². The van der Waals surface area contributed by atoms with Crippen LogP contribution in [0.5, 0.6) is 5.88 Å². The zero-order valence-corrected chi connectivity index (χ0v) is 13.7. The third kappa shape index (κ3) is 3.46. The topological polar surface area (TPSA) is 94.4 Å². The summed E-state index contributed by atoms with van der Waals surface area (Å²) in [5.41, 5.74) is 0.612. The zero-order chi connectivity index (χ0) is 16.9. The van der Waals surface area contributed by atoms with Crippen LogP contribution in [0.3, 0.4) is 0 Å². The fourth-order valence-electron chi connectivity index (χ4n) is 2.52. The Balaban J connectivity index is 1.64. The van der Waals surface area contributed by atoms with Gasteiger partial charge in [0.05, 0.1) is 32.1 Å². The van der Waals surface area contributed by atoms with E-state index in [9.17, 15) is 4.79 Å². The molecule has 128 valence electrons. The van der Waals surface area contributed by atoms with Gasteiger partial charge in [-0.25, -0.2) is 9.78 Å². The highest BCUT2D eigenvalue weighted by molar-refractivity contribution is 5.89. The van der Waals surface area contributed by atoms with E-state index in [2.05, 4.69) is 20.5 Å². The average molecular weight is 332 g/mol. The number of nitrogens with zero attached hydrogens (tertiary/aromatic N) is 5. The first-order valence-corrected chi connectivity index (χ1v) is 7.76. The summed E-state index contributed by atoms with van der Waals surface area (Å²) < 4.78 is 12.7. The number of aromatic nitrogens is 4. The summed E-state index contributed by atoms with van der Waals surface area (Å²) in [6.45, 7) is 4.17. The second-order valence-electron chi connectivity index (χ2n) is 5.30. The summed E-state index contributed by atoms with van der Waals surface area (Å²) in [5.74, 6) is 1.24. The maximum atomic E-state index is 12.4. The molecule has 3 heterocycles. The molecule has 0 radical (unpaired) electrons. The Morgan fingerprint density at radius 3 is 3.08 bits per heavy atom. The Kier molecular flexibility index (Phi) is 4.90. The van der Waals surface area contributed by atoms with Crippen LogP contribution in [-0.4, -0.2) is 57.5 Å². The van der Waals surface area contributed by atoms with Crippen LogP contribution in [0.1, 0.15) is 18.9 Å². The molecule has 1 saturated heterocycles. The molecule has 0 spiro atoms. The molecule has 24 heavy (non-hydrogen) atoms. The van der Waals surface area contributed by atoms with Gasteiger partial charge in [0, 0.05) is 19.2 Å². The van der Waals surface area contributed by atoms with Crippen molar-refractivity contribution in [2.45, 2.75) is 19.6 Å². The highest BCUT2D eigenvalue weighted by Gasteiger charge is 2.28. The maximum absolute atomic E-state index is 12.4. The van der Waals surface area contributed by atoms with Crippen molar-refractivity contribution in [3.8, 4) is 5.88 Å². The molecule has 0 saturated carbocycles. The second kappa shape index (κ2) is 7.26. The van der Waals surface area contributed by atoms with Crippen LogP contribution < -0.4 is 10.1 Å². The van der Waals surface area contributed by atoms with Gasteiger partial charge in [0.1, 0.15) is 12.4 Å². The summed E-state index contributed by atoms with van der Waals surface area (Å²) in [6, 6.07) is 3.24. The number of carbonyl (C=O) groups is 1. The van der Waals surface area contributed by atoms with Crippen LogP contribution in [0.25, 0.3) is 0 Å². The number of aryl methyl sites for hydroxylation is 1. The lowest BCUT2D eigenvalue weighted by Crippen LogP contribution is -2.44. The first kappa shape index (κ1) is 16.2. The van der Waals surface area contributed by atoms with Crippen LogP contribution in [-0.2, 0) is 11.3 Å². The molecular formula is C15H20N6O3. The van der Waals surface area contributed by atoms with Crippen LogP contribution >= 0.6 is 0 Å². The molecule has 1 N–H and O–H groups in total. The molecule has 9 nitrogen and oxygen atoms in total. The number of morpholine rings is 1. The van der Waals surface area contributed by atoms with Gasteiger partial charge >= 0.3 is 6.03 Å². The van der Waals surface area contributed by atoms with E-state index in [0.717, 1.165) is 12.4 Å². The molecule has 1 aliphatic rings. The van der Waals surface area contributed by atoms with Crippen LogP contribution in [0.4, 0.5) is 10.5 Å². The fourth-order valence-corrected chi connectivity index (χ4v) is 2.52. The zero-order valence-electron chi connectivity index (χ0n) is 13.7. The van der Waals surface area contributed by atoms with Gasteiger partial charge in [-0.15, -0.1) is 10.2 Å². The number of amides is 2. The highest BCUT2D eigenvalue weighted by Crippen LogP contribution is 2.21. The van der Waals surface area contributed by atoms with Gasteiger partial charge in [0.15, 0.2) is 5.82 Å². The summed E-state index contributed by atoms with van der Waals surface area (Å²) >= 11 is 0. The minimum absolute atomic E-state index is 0.196. The first-order valence-electron chi connectivity index (χ1n) is 7.76. The molecule has 0 aliphatic carbocycles. The molecule has 1 aliphatic heterocycles. The largest absolute Gasteiger partial charge is 0.481 e. The summed E-state index contributed by atoms with van der Waals surface area (Å²) in [6.07, 6.45) is 2.95. The molecular weight excluding hydrogens is 312 g/mol. The van der Waals surface area contributed by atoms with Crippen LogP contribution in [0, 0.1) is 0 Å². The summed E-state index contributed by atoms with van der Waals surface area (Å²) in [5, 5.41) is 10.9. The number of urea groups is 1. The maximum Gasteiger partial charge on any atom is 0.322 e. The van der Waals surface area contributed by atoms with Gasteiger partial charge in [-0.05, 0) is 13.0 Å². The number of pyridine rings is 1. The highest BCUT2D eigenvalue weighted by atomic mass is 16.5. The molecule has 0 bridgehead atoms. The molecule has 1 atom stereocenters. The second-order valence-corrected chi connectivity index (χ2v) is 5.30. The number of anilines is 1. The number of hydrogen-bond donors (Lipinski definition) is 1. The van der Waals surface area contributed by atoms with Crippen molar-refractivity contribution in [1.82, 2.24) is 24.6 Å². The SMILES string of the molecule is CCn1cnnc1[C@H]1CN(C(=O)Nc2ccc(OC)nc2)CCO1. The normalized spacial score (nSPS) is 17.6. The number of hydrogen-bond acceptors (Lipinski definition) is 6. The number of methoxy groups -OCH3 is 1. The first-order chi connectivity index (χ1) is 11.7. The third-order valence-electron chi connectivity index (χ3n) is 3.82. The summed E-state index contributed by atoms with van der Waals surface area (Å²) in [4.78, 5) is 18.2. The molecule has 1 fully saturated rings. The lowest BCUT2D eigenvalue weighted by Gasteiger charge is -2.32. The minimum atomic E-state index is -0.277. The quantitative estimate of drug-likeness (QED) is 0.907. The molecule has 0 unspecified atom stereocenters. The fraction of sp³-hybridized carbons (Fsp3) is 0.467. The van der Waals surface area contributed by atoms with E-state index in [1.807, 2.05) is 11.5 Å². The van der Waals surface area contributed by atoms with Gasteiger partial charge in [0.2, 0.25) is 5.88 Å². The molecule has 0 aromatic carbocycles. The van der Waals surface area contributed by atoms with E-state index in [4.69, 9.17) is 9.47 Å². The smallest absolute Gasteiger partial charge is 0.322 e. The van der Waals surface area contributed by atoms with E-state index < -0.39 is 0 Å². The number of ether oxygens (including phenoxy) is 2. The Hall–Kier alpha value is -2.68. The molecule has 3 rings (SSSR count). The Labute approximate surface area is 139 Å². The Bertz CT molecular complexity index is 687. The van der Waals surface area contributed by atoms with Gasteiger partial charge in [-0.2, -0.15) is 0 Å². The number of nitrogens with one attached hydrogen (secondary N) is 1. The standard InChI is InChI=1S/C15H20N6O3/c1-3-20-10-17-19-14(20)12-9-21(6-7-24-12)15(22)18-11-4-5-13(23-2)16-8-11/h4-5,8,10,12H,3,6-7,9H2,1-2H3,(H,18,22)/t12-/m1/s1. The van der Waals surface area contributed by atoms with Crippen molar-refractivity contribution in [2.24, 2.45) is 0 Å². The molecule has 2 aromatic rings. The van der Waals surface area contributed by atoms with Crippen molar-refractivity contribution >= 4 is 11.7 Å². The van der Waals surface area contributed by atoms with Crippen LogP contribution in [0.15, 0.2) is 24.7 Å². The molecule has 9 heteroatoms. The molecule has 2 aromatic heterocycles. The molecule has 2 amide bonds. The lowest BCUT2D eigenvalue weighted by molar-refractivity contribution is -0.0199. The van der Waals surface area contributed by atoms with Crippen molar-refractivity contribution in [3.05, 3.63) is 30.5 Å². The van der Waals surface area contributed by atoms with Crippen molar-refractivity contribution < 1.29 is 14.3 Å². The number of carbonyl (C=O) groups excluding carboxylic acids is 1. The van der Waals surface area contributed by atoms with Gasteiger partial charge in [-0.1, -0.05) is 0 Å². The number of rotatable bonds is 4. The van der Waals surface area contributed by atoms with Gasteiger partial charge < -0.3 is 24.3 Å². The minimum Gasteiger partial charge on any atom is -0.481 e. The predicted octanol–water partition coefficient (Wildman–Crippen LogP) is 1.31. The van der Waals surface area contributed by atoms with E-state index in [0.29, 0.717) is 31.3 Å². The Morgan fingerprint density at radius 1 is 1.50 bits per heavy atom. The van der Waals surface area contributed by atoms with Crippen molar-refractivity contribution in [2.75, 3.05) is 32.1 Å². The lowest BCUT2D eigenvalue weighted by atomic mass is 10.2. The van der Waals surface area contributed by atoms with Gasteiger partial charge in [0.25, 0.3) is 0 Å². The third-order valence-corrected chi connectivity index (χ3v) is 3.82. The van der Waals surface area contributed by atoms with E-state index in [-0.39, 0.29) is 12.1 Å². The van der Waals surface area contributed by atoms with Crippen LogP contribution in [0.2, 0.25) is 0 Å². The van der Waals surface area contributed by atoms with E-state index >= 15 is 0 Å².